The lowest BCUT2D eigenvalue weighted by Gasteiger charge is -2.39. The highest BCUT2D eigenvalue weighted by Gasteiger charge is 2.53. The van der Waals surface area contributed by atoms with Gasteiger partial charge in [0.15, 0.2) is 0 Å². The van der Waals surface area contributed by atoms with Gasteiger partial charge in [-0.05, 0) is 77.8 Å². The van der Waals surface area contributed by atoms with Gasteiger partial charge in [0.05, 0.1) is 0 Å². The van der Waals surface area contributed by atoms with Crippen LogP contribution in [-0.2, 0) is 17.6 Å². The molecule has 1 nitrogen and oxygen atoms in total. The lowest BCUT2D eigenvalue weighted by molar-refractivity contribution is -0.131. The number of rotatable bonds is 1. The van der Waals surface area contributed by atoms with Crippen molar-refractivity contribution in [1.29, 1.82) is 0 Å². The molecule has 0 aliphatic heterocycles. The smallest absolute Gasteiger partial charge is 0.144 e. The van der Waals surface area contributed by atoms with Crippen LogP contribution in [0, 0.1) is 11.3 Å². The third-order valence-corrected chi connectivity index (χ3v) is 8.22. The van der Waals surface area contributed by atoms with E-state index in [9.17, 15) is 4.79 Å². The molecule has 0 heterocycles. The molecule has 4 aliphatic carbocycles. The Bertz CT molecular complexity index is 975. The van der Waals surface area contributed by atoms with Gasteiger partial charge in [0.1, 0.15) is 5.78 Å². The monoisotopic (exact) mass is 356 g/mol. The number of ketones is 1. The quantitative estimate of drug-likeness (QED) is 0.549. The second kappa shape index (κ2) is 5.80. The first-order valence-corrected chi connectivity index (χ1v) is 11.0. The van der Waals surface area contributed by atoms with Crippen LogP contribution in [0.1, 0.15) is 74.0 Å². The first kappa shape index (κ1) is 16.1. The van der Waals surface area contributed by atoms with Crippen LogP contribution >= 0.6 is 0 Å². The van der Waals surface area contributed by atoms with Crippen molar-refractivity contribution in [3.05, 3.63) is 58.7 Å². The van der Waals surface area contributed by atoms with Gasteiger partial charge in [-0.2, -0.15) is 0 Å². The van der Waals surface area contributed by atoms with Crippen LogP contribution in [0.2, 0.25) is 0 Å². The van der Waals surface area contributed by atoms with Crippen molar-refractivity contribution in [2.45, 2.75) is 70.1 Å². The van der Waals surface area contributed by atoms with Crippen molar-refractivity contribution in [1.82, 2.24) is 0 Å². The molecule has 4 aliphatic rings. The molecule has 1 heteroatoms. The highest BCUT2D eigenvalue weighted by atomic mass is 16.1. The summed E-state index contributed by atoms with van der Waals surface area (Å²) in [6, 6.07) is 11.7. The summed E-state index contributed by atoms with van der Waals surface area (Å²) >= 11 is 0. The van der Waals surface area contributed by atoms with E-state index in [2.05, 4.69) is 36.4 Å². The van der Waals surface area contributed by atoms with Gasteiger partial charge in [0, 0.05) is 11.8 Å². The van der Waals surface area contributed by atoms with Crippen molar-refractivity contribution in [3.63, 3.8) is 0 Å². The van der Waals surface area contributed by atoms with Gasteiger partial charge in [-0.25, -0.2) is 0 Å². The Kier molecular flexibility index (Phi) is 3.46. The Morgan fingerprint density at radius 2 is 1.85 bits per heavy atom. The number of benzene rings is 2. The lowest BCUT2D eigenvalue weighted by atomic mass is 9.63. The number of carbonyl (C=O) groups excluding carboxylic acids is 1. The maximum absolute atomic E-state index is 13.3. The number of hydrogen-bond acceptors (Lipinski definition) is 1. The molecule has 2 unspecified atom stereocenters. The molecule has 2 atom stereocenters. The normalized spacial score (nSPS) is 30.1. The summed E-state index contributed by atoms with van der Waals surface area (Å²) in [6.45, 7) is 0. The van der Waals surface area contributed by atoms with Gasteiger partial charge in [0.2, 0.25) is 0 Å². The third kappa shape index (κ3) is 2.33. The minimum absolute atomic E-state index is 0.0637. The van der Waals surface area contributed by atoms with Crippen LogP contribution < -0.4 is 0 Å². The summed E-state index contributed by atoms with van der Waals surface area (Å²) in [6.07, 6.45) is 14.2. The van der Waals surface area contributed by atoms with Gasteiger partial charge in [-0.15, -0.1) is 0 Å². The molecule has 0 amide bonds. The topological polar surface area (TPSA) is 17.1 Å². The summed E-state index contributed by atoms with van der Waals surface area (Å²) in [5.74, 6) is 1.82. The van der Waals surface area contributed by atoms with Crippen molar-refractivity contribution in [2.24, 2.45) is 11.3 Å². The number of allylic oxidation sites excluding steroid dienone is 2. The third-order valence-electron chi connectivity index (χ3n) is 8.22. The van der Waals surface area contributed by atoms with Gasteiger partial charge in [-0.1, -0.05) is 61.2 Å². The molecule has 2 fully saturated rings. The highest BCUT2D eigenvalue weighted by Crippen LogP contribution is 2.57. The average Bonchev–Trinajstić information content (AvgIpc) is 3.30. The van der Waals surface area contributed by atoms with Crippen LogP contribution in [0.15, 0.2) is 42.0 Å². The summed E-state index contributed by atoms with van der Waals surface area (Å²) < 4.78 is 0. The predicted octanol–water partition coefficient (Wildman–Crippen LogP) is 6.28. The van der Waals surface area contributed by atoms with Crippen LogP contribution in [0.3, 0.4) is 0 Å². The lowest BCUT2D eigenvalue weighted by Crippen LogP contribution is -2.42. The predicted molar refractivity (Wildman–Crippen MR) is 110 cm³/mol. The molecule has 0 radical (unpaired) electrons. The van der Waals surface area contributed by atoms with E-state index < -0.39 is 0 Å². The summed E-state index contributed by atoms with van der Waals surface area (Å²) in [4.78, 5) is 13.3. The second-order valence-electron chi connectivity index (χ2n) is 9.63. The maximum Gasteiger partial charge on any atom is 0.144 e. The molecule has 27 heavy (non-hydrogen) atoms. The molecular formula is C26H28O. The summed E-state index contributed by atoms with van der Waals surface area (Å²) in [5, 5.41) is 2.81. The Balaban J connectivity index is 1.44. The van der Waals surface area contributed by atoms with Gasteiger partial charge >= 0.3 is 0 Å². The van der Waals surface area contributed by atoms with Crippen molar-refractivity contribution < 1.29 is 4.79 Å². The minimum Gasteiger partial charge on any atom is -0.299 e. The summed E-state index contributed by atoms with van der Waals surface area (Å²) in [5.41, 5.74) is 5.80. The molecular weight excluding hydrogens is 328 g/mol. The Morgan fingerprint density at radius 3 is 2.63 bits per heavy atom. The number of hydrogen-bond donors (Lipinski definition) is 0. The van der Waals surface area contributed by atoms with E-state index in [1.165, 1.54) is 66.0 Å². The number of Topliss-reactive ketones (excluding diaryl/α,β-unsaturated/α-hetero) is 1. The minimum atomic E-state index is -0.0637. The zero-order valence-corrected chi connectivity index (χ0v) is 16.1. The van der Waals surface area contributed by atoms with E-state index in [1.54, 1.807) is 5.57 Å². The fraction of sp³-hybridized carbons (Fsp3) is 0.500. The van der Waals surface area contributed by atoms with Crippen LogP contribution in [0.5, 0.6) is 0 Å². The first-order valence-electron chi connectivity index (χ1n) is 11.0. The van der Waals surface area contributed by atoms with Crippen molar-refractivity contribution in [2.75, 3.05) is 0 Å². The Labute approximate surface area is 161 Å². The van der Waals surface area contributed by atoms with E-state index >= 15 is 0 Å². The van der Waals surface area contributed by atoms with Crippen LogP contribution in [0.4, 0.5) is 0 Å². The van der Waals surface area contributed by atoms with Crippen LogP contribution in [0.25, 0.3) is 10.8 Å². The van der Waals surface area contributed by atoms with Crippen molar-refractivity contribution >= 4 is 16.6 Å². The fourth-order valence-corrected chi connectivity index (χ4v) is 6.77. The molecule has 2 bridgehead atoms. The summed E-state index contributed by atoms with van der Waals surface area (Å²) in [7, 11) is 0. The second-order valence-corrected chi connectivity index (χ2v) is 9.63. The van der Waals surface area contributed by atoms with Crippen LogP contribution in [-0.4, -0.2) is 5.78 Å². The molecule has 0 aromatic heterocycles. The molecule has 6 rings (SSSR count). The van der Waals surface area contributed by atoms with Gasteiger partial charge in [0.25, 0.3) is 0 Å². The molecule has 1 spiro atoms. The van der Waals surface area contributed by atoms with E-state index in [1.807, 2.05) is 0 Å². The zero-order chi connectivity index (χ0) is 18.0. The van der Waals surface area contributed by atoms with E-state index in [4.69, 9.17) is 0 Å². The average molecular weight is 357 g/mol. The molecule has 2 aromatic carbocycles. The molecule has 138 valence electrons. The Hall–Kier alpha value is -1.89. The highest BCUT2D eigenvalue weighted by molar-refractivity contribution is 5.94. The molecule has 2 saturated carbocycles. The van der Waals surface area contributed by atoms with Crippen molar-refractivity contribution in [3.8, 4) is 0 Å². The van der Waals surface area contributed by atoms with E-state index in [0.717, 1.165) is 19.3 Å². The standard InChI is InChI=1S/C26H28O/c27-25-14-20-13-24-19(7-4-8-23(24)18-5-2-1-3-6-18)12-21(20)16-26(25)15-17-9-10-22(26)11-17/h4,7-9,12-13,18,22H,1-3,5-6,10-11,14-16H2. The fourth-order valence-electron chi connectivity index (χ4n) is 6.77. The number of carbonyl (C=O) groups is 1. The molecule has 0 saturated heterocycles. The Morgan fingerprint density at radius 1 is 0.963 bits per heavy atom. The van der Waals surface area contributed by atoms with Gasteiger partial charge in [-0.3, -0.25) is 4.79 Å². The van der Waals surface area contributed by atoms with E-state index in [-0.39, 0.29) is 5.41 Å². The number of fused-ring (bicyclic) bond motifs is 5. The zero-order valence-electron chi connectivity index (χ0n) is 16.1. The molecule has 0 N–H and O–H groups in total. The largest absolute Gasteiger partial charge is 0.299 e. The SMILES string of the molecule is O=C1Cc2cc3c(C4CCCCC4)cccc3cc2CC12CC1=CCC2C1. The maximum atomic E-state index is 13.3. The molecule has 2 aromatic rings. The van der Waals surface area contributed by atoms with E-state index in [0.29, 0.717) is 24.0 Å². The first-order chi connectivity index (χ1) is 13.2. The van der Waals surface area contributed by atoms with Gasteiger partial charge < -0.3 is 0 Å².